The highest BCUT2D eigenvalue weighted by molar-refractivity contribution is 6.09. The summed E-state index contributed by atoms with van der Waals surface area (Å²) < 4.78 is 0. The first-order chi connectivity index (χ1) is 10.4. The van der Waals surface area contributed by atoms with E-state index in [-0.39, 0.29) is 0 Å². The molecule has 1 aliphatic carbocycles. The lowest BCUT2D eigenvalue weighted by atomic mass is 10.0. The SMILES string of the molecule is O/N=C(/C=C/c1ccccc1)c1cnc2c(n1)CCCC2. The Morgan fingerprint density at radius 1 is 1.10 bits per heavy atom. The monoisotopic (exact) mass is 279 g/mol. The third kappa shape index (κ3) is 3.16. The van der Waals surface area contributed by atoms with Crippen molar-refractivity contribution >= 4 is 11.8 Å². The van der Waals surface area contributed by atoms with Gasteiger partial charge < -0.3 is 5.21 Å². The molecule has 0 atom stereocenters. The van der Waals surface area contributed by atoms with Gasteiger partial charge in [-0.05, 0) is 37.3 Å². The van der Waals surface area contributed by atoms with Crippen LogP contribution in [-0.4, -0.2) is 20.9 Å². The Labute approximate surface area is 123 Å². The van der Waals surface area contributed by atoms with Gasteiger partial charge in [0.15, 0.2) is 0 Å². The molecular weight excluding hydrogens is 262 g/mol. The predicted molar refractivity (Wildman–Crippen MR) is 82.5 cm³/mol. The summed E-state index contributed by atoms with van der Waals surface area (Å²) in [4.78, 5) is 9.05. The maximum atomic E-state index is 9.23. The first-order valence-electron chi connectivity index (χ1n) is 7.17. The topological polar surface area (TPSA) is 58.4 Å². The lowest BCUT2D eigenvalue weighted by Gasteiger charge is -2.13. The minimum absolute atomic E-state index is 0.430. The van der Waals surface area contributed by atoms with E-state index in [1.165, 1.54) is 6.42 Å². The van der Waals surface area contributed by atoms with Crippen molar-refractivity contribution in [3.05, 3.63) is 65.2 Å². The summed E-state index contributed by atoms with van der Waals surface area (Å²) in [6, 6.07) is 9.88. The van der Waals surface area contributed by atoms with Gasteiger partial charge >= 0.3 is 0 Å². The fourth-order valence-corrected chi connectivity index (χ4v) is 2.48. The number of oxime groups is 1. The van der Waals surface area contributed by atoms with Crippen LogP contribution in [0.1, 0.15) is 35.5 Å². The molecule has 0 fully saturated rings. The summed E-state index contributed by atoms with van der Waals surface area (Å²) in [6.45, 7) is 0. The summed E-state index contributed by atoms with van der Waals surface area (Å²) in [5.74, 6) is 0. The number of benzene rings is 1. The molecule has 0 aliphatic heterocycles. The molecule has 4 heteroatoms. The van der Waals surface area contributed by atoms with Gasteiger partial charge in [0, 0.05) is 0 Å². The highest BCUT2D eigenvalue weighted by Crippen LogP contribution is 2.17. The second-order valence-electron chi connectivity index (χ2n) is 5.08. The molecule has 1 N–H and O–H groups in total. The Morgan fingerprint density at radius 2 is 1.86 bits per heavy atom. The molecule has 0 saturated carbocycles. The van der Waals surface area contributed by atoms with Crippen molar-refractivity contribution in [1.29, 1.82) is 0 Å². The van der Waals surface area contributed by atoms with E-state index in [4.69, 9.17) is 0 Å². The Morgan fingerprint density at radius 3 is 2.62 bits per heavy atom. The van der Waals surface area contributed by atoms with Crippen molar-refractivity contribution < 1.29 is 5.21 Å². The summed E-state index contributed by atoms with van der Waals surface area (Å²) in [6.07, 6.45) is 9.62. The summed E-state index contributed by atoms with van der Waals surface area (Å²) in [7, 11) is 0. The lowest BCUT2D eigenvalue weighted by molar-refractivity contribution is 0.319. The van der Waals surface area contributed by atoms with E-state index >= 15 is 0 Å². The van der Waals surface area contributed by atoms with Crippen LogP contribution >= 0.6 is 0 Å². The molecule has 1 aromatic carbocycles. The summed E-state index contributed by atoms with van der Waals surface area (Å²) in [5, 5.41) is 12.6. The molecule has 0 unspecified atom stereocenters. The van der Waals surface area contributed by atoms with Crippen molar-refractivity contribution in [2.24, 2.45) is 5.16 Å². The van der Waals surface area contributed by atoms with Gasteiger partial charge in [-0.3, -0.25) is 4.98 Å². The highest BCUT2D eigenvalue weighted by Gasteiger charge is 2.14. The van der Waals surface area contributed by atoms with Crippen LogP contribution < -0.4 is 0 Å². The van der Waals surface area contributed by atoms with Crippen LogP contribution in [0.2, 0.25) is 0 Å². The van der Waals surface area contributed by atoms with Gasteiger partial charge in [0.1, 0.15) is 11.4 Å². The number of nitrogens with zero attached hydrogens (tertiary/aromatic N) is 3. The number of aryl methyl sites for hydroxylation is 2. The van der Waals surface area contributed by atoms with E-state index < -0.39 is 0 Å². The minimum Gasteiger partial charge on any atom is -0.410 e. The smallest absolute Gasteiger partial charge is 0.129 e. The molecule has 1 heterocycles. The highest BCUT2D eigenvalue weighted by atomic mass is 16.4. The molecule has 1 aliphatic rings. The third-order valence-corrected chi connectivity index (χ3v) is 3.61. The molecule has 2 aromatic rings. The molecule has 106 valence electrons. The van der Waals surface area contributed by atoms with Gasteiger partial charge in [-0.1, -0.05) is 41.6 Å². The summed E-state index contributed by atoms with van der Waals surface area (Å²) in [5.41, 5.74) is 4.21. The van der Waals surface area contributed by atoms with Crippen molar-refractivity contribution in [1.82, 2.24) is 9.97 Å². The maximum absolute atomic E-state index is 9.23. The zero-order valence-corrected chi connectivity index (χ0v) is 11.7. The maximum Gasteiger partial charge on any atom is 0.129 e. The van der Waals surface area contributed by atoms with Crippen molar-refractivity contribution in [2.75, 3.05) is 0 Å². The molecular formula is C17H17N3O. The molecule has 0 amide bonds. The molecule has 21 heavy (non-hydrogen) atoms. The Balaban J connectivity index is 1.85. The second-order valence-corrected chi connectivity index (χ2v) is 5.08. The quantitative estimate of drug-likeness (QED) is 0.533. The number of rotatable bonds is 3. The van der Waals surface area contributed by atoms with Crippen LogP contribution in [0.25, 0.3) is 6.08 Å². The minimum atomic E-state index is 0.430. The van der Waals surface area contributed by atoms with Gasteiger partial charge in [0.05, 0.1) is 17.6 Å². The van der Waals surface area contributed by atoms with Crippen molar-refractivity contribution in [2.45, 2.75) is 25.7 Å². The molecule has 0 bridgehead atoms. The van der Waals surface area contributed by atoms with Crippen LogP contribution in [0.5, 0.6) is 0 Å². The number of hydrogen-bond donors (Lipinski definition) is 1. The second kappa shape index (κ2) is 6.31. The molecule has 4 nitrogen and oxygen atoms in total. The van der Waals surface area contributed by atoms with Crippen LogP contribution in [0.3, 0.4) is 0 Å². The number of fused-ring (bicyclic) bond motifs is 1. The normalized spacial score (nSPS) is 15.1. The van der Waals surface area contributed by atoms with E-state index in [0.717, 1.165) is 36.2 Å². The van der Waals surface area contributed by atoms with E-state index in [0.29, 0.717) is 11.4 Å². The fraction of sp³-hybridized carbons (Fsp3) is 0.235. The van der Waals surface area contributed by atoms with Gasteiger partial charge in [-0.15, -0.1) is 0 Å². The van der Waals surface area contributed by atoms with Crippen LogP contribution in [0, 0.1) is 0 Å². The van der Waals surface area contributed by atoms with Gasteiger partial charge in [0.25, 0.3) is 0 Å². The molecule has 1 aromatic heterocycles. The van der Waals surface area contributed by atoms with Gasteiger partial charge in [-0.2, -0.15) is 0 Å². The molecule has 0 saturated heterocycles. The van der Waals surface area contributed by atoms with E-state index in [1.54, 1.807) is 12.3 Å². The van der Waals surface area contributed by atoms with Gasteiger partial charge in [0.2, 0.25) is 0 Å². The van der Waals surface area contributed by atoms with Crippen LogP contribution in [0.15, 0.2) is 47.8 Å². The Hall–Kier alpha value is -2.49. The Kier molecular flexibility index (Phi) is 4.05. The average molecular weight is 279 g/mol. The number of allylic oxidation sites excluding steroid dienone is 1. The van der Waals surface area contributed by atoms with Crippen molar-refractivity contribution in [3.63, 3.8) is 0 Å². The largest absolute Gasteiger partial charge is 0.410 e. The third-order valence-electron chi connectivity index (χ3n) is 3.61. The van der Waals surface area contributed by atoms with Gasteiger partial charge in [-0.25, -0.2) is 4.98 Å². The Bertz CT molecular complexity index is 678. The lowest BCUT2D eigenvalue weighted by Crippen LogP contribution is -2.12. The first-order valence-corrected chi connectivity index (χ1v) is 7.17. The zero-order valence-electron chi connectivity index (χ0n) is 11.7. The molecule has 0 radical (unpaired) electrons. The fourth-order valence-electron chi connectivity index (χ4n) is 2.48. The number of hydrogen-bond acceptors (Lipinski definition) is 4. The number of aromatic nitrogens is 2. The predicted octanol–water partition coefficient (Wildman–Crippen LogP) is 3.25. The van der Waals surface area contributed by atoms with E-state index in [9.17, 15) is 5.21 Å². The van der Waals surface area contributed by atoms with Crippen LogP contribution in [0.4, 0.5) is 0 Å². The van der Waals surface area contributed by atoms with E-state index in [1.807, 2.05) is 36.4 Å². The van der Waals surface area contributed by atoms with Crippen LogP contribution in [-0.2, 0) is 12.8 Å². The zero-order chi connectivity index (χ0) is 14.5. The standard InChI is InChI=1S/C17H17N3O/c21-20-16(11-10-13-6-2-1-3-7-13)17-12-18-14-8-4-5-9-15(14)19-17/h1-3,6-7,10-12,21H,4-5,8-9H2/b11-10+,20-16-. The van der Waals surface area contributed by atoms with Crippen molar-refractivity contribution in [3.8, 4) is 0 Å². The summed E-state index contributed by atoms with van der Waals surface area (Å²) >= 11 is 0. The van der Waals surface area contributed by atoms with E-state index in [2.05, 4.69) is 15.1 Å². The average Bonchev–Trinajstić information content (AvgIpc) is 2.56. The molecule has 0 spiro atoms. The first kappa shape index (κ1) is 13.5. The molecule has 3 rings (SSSR count).